The number of hydrogen-bond donors (Lipinski definition) is 1. The number of morpholine rings is 1. The summed E-state index contributed by atoms with van der Waals surface area (Å²) in [6, 6.07) is 6.20. The summed E-state index contributed by atoms with van der Waals surface area (Å²) in [6.07, 6.45) is 1.27. The minimum atomic E-state index is -3.43. The Kier molecular flexibility index (Phi) is 5.59. The van der Waals surface area contributed by atoms with Gasteiger partial charge >= 0.3 is 0 Å². The molecule has 0 spiro atoms. The third kappa shape index (κ3) is 4.34. The lowest BCUT2D eigenvalue weighted by molar-refractivity contribution is -0.383. The van der Waals surface area contributed by atoms with Crippen molar-refractivity contribution in [2.24, 2.45) is 0 Å². The minimum absolute atomic E-state index is 0.0347. The Bertz CT molecular complexity index is 939. The topological polar surface area (TPSA) is 115 Å². The van der Waals surface area contributed by atoms with Crippen LogP contribution < -0.4 is 5.32 Å². The summed E-state index contributed by atoms with van der Waals surface area (Å²) in [6.45, 7) is 4.56. The lowest BCUT2D eigenvalue weighted by atomic mass is 10.1. The zero-order chi connectivity index (χ0) is 19.6. The number of nitrogens with zero attached hydrogens (tertiary/aromatic N) is 3. The molecule has 2 aromatic rings. The van der Waals surface area contributed by atoms with Gasteiger partial charge in [-0.2, -0.15) is 4.31 Å². The highest BCUT2D eigenvalue weighted by Gasteiger charge is 2.30. The van der Waals surface area contributed by atoms with E-state index in [1.54, 1.807) is 24.4 Å². The van der Waals surface area contributed by atoms with Crippen LogP contribution in [-0.4, -0.2) is 60.2 Å². The molecule has 1 fully saturated rings. The van der Waals surface area contributed by atoms with Crippen LogP contribution in [0.4, 0.5) is 11.4 Å². The lowest BCUT2D eigenvalue weighted by Crippen LogP contribution is -2.49. The van der Waals surface area contributed by atoms with E-state index in [0.29, 0.717) is 29.7 Å². The number of nitrogens with one attached hydrogen (secondary N) is 1. The molecule has 1 N–H and O–H groups in total. The van der Waals surface area contributed by atoms with Gasteiger partial charge in [0.1, 0.15) is 5.52 Å². The Hall–Kier alpha value is -2.30. The number of rotatable bonds is 6. The number of nitro benzene ring substituents is 1. The van der Waals surface area contributed by atoms with E-state index in [2.05, 4.69) is 10.3 Å². The van der Waals surface area contributed by atoms with E-state index >= 15 is 0 Å². The average molecular weight is 394 g/mol. The van der Waals surface area contributed by atoms with Crippen molar-refractivity contribution >= 4 is 32.3 Å². The second-order valence-electron chi connectivity index (χ2n) is 6.61. The molecular formula is C17H22N4O5S. The summed E-state index contributed by atoms with van der Waals surface area (Å²) in [7, 11) is -3.43. The van der Waals surface area contributed by atoms with Crippen LogP contribution >= 0.6 is 0 Å². The van der Waals surface area contributed by atoms with Crippen molar-refractivity contribution in [3.63, 3.8) is 0 Å². The molecule has 9 nitrogen and oxygen atoms in total. The smallest absolute Gasteiger partial charge is 0.278 e. The fraction of sp³-hybridized carbons (Fsp3) is 0.471. The van der Waals surface area contributed by atoms with Crippen LogP contribution in [0, 0.1) is 10.1 Å². The Labute approximate surface area is 157 Å². The SMILES string of the molecule is C[C@@H]1CN(S(=O)(=O)CCNc2ccc([N+](=O)[O-])c3cccnc23)C[C@H](C)O1. The van der Waals surface area contributed by atoms with Crippen LogP contribution in [0.15, 0.2) is 30.5 Å². The minimum Gasteiger partial charge on any atom is -0.382 e. The number of nitro groups is 1. The van der Waals surface area contributed by atoms with E-state index in [1.807, 2.05) is 13.8 Å². The van der Waals surface area contributed by atoms with Crippen molar-refractivity contribution in [1.82, 2.24) is 9.29 Å². The molecule has 0 unspecified atom stereocenters. The summed E-state index contributed by atoms with van der Waals surface area (Å²) in [4.78, 5) is 14.9. The van der Waals surface area contributed by atoms with Crippen LogP contribution in [0.1, 0.15) is 13.8 Å². The summed E-state index contributed by atoms with van der Waals surface area (Å²) in [5.41, 5.74) is 0.973. The molecule has 0 bridgehead atoms. The van der Waals surface area contributed by atoms with Gasteiger partial charge in [-0.1, -0.05) is 0 Å². The van der Waals surface area contributed by atoms with E-state index < -0.39 is 14.9 Å². The first-order valence-corrected chi connectivity index (χ1v) is 10.3. The summed E-state index contributed by atoms with van der Waals surface area (Å²) >= 11 is 0. The van der Waals surface area contributed by atoms with Gasteiger partial charge in [0.2, 0.25) is 10.0 Å². The highest BCUT2D eigenvalue weighted by molar-refractivity contribution is 7.89. The first-order valence-electron chi connectivity index (χ1n) is 8.67. The van der Waals surface area contributed by atoms with Gasteiger partial charge < -0.3 is 10.1 Å². The van der Waals surface area contributed by atoms with E-state index in [0.717, 1.165) is 0 Å². The molecule has 27 heavy (non-hydrogen) atoms. The molecule has 1 saturated heterocycles. The molecule has 2 atom stereocenters. The predicted molar refractivity (Wildman–Crippen MR) is 102 cm³/mol. The molecule has 3 rings (SSSR count). The van der Waals surface area contributed by atoms with Gasteiger partial charge in [-0.15, -0.1) is 0 Å². The van der Waals surface area contributed by atoms with Crippen molar-refractivity contribution in [3.8, 4) is 0 Å². The van der Waals surface area contributed by atoms with Crippen molar-refractivity contribution in [2.75, 3.05) is 30.7 Å². The number of pyridine rings is 1. The maximum Gasteiger partial charge on any atom is 0.278 e. The summed E-state index contributed by atoms with van der Waals surface area (Å²) < 4.78 is 32.2. The van der Waals surface area contributed by atoms with Gasteiger partial charge in [0.25, 0.3) is 5.69 Å². The normalized spacial score (nSPS) is 21.3. The third-order valence-corrected chi connectivity index (χ3v) is 6.20. The van der Waals surface area contributed by atoms with Crippen LogP contribution in [-0.2, 0) is 14.8 Å². The van der Waals surface area contributed by atoms with Gasteiger partial charge in [-0.25, -0.2) is 8.42 Å². The number of benzene rings is 1. The predicted octanol–water partition coefficient (Wildman–Crippen LogP) is 1.99. The van der Waals surface area contributed by atoms with Crippen molar-refractivity contribution < 1.29 is 18.1 Å². The summed E-state index contributed by atoms with van der Waals surface area (Å²) in [5.74, 6) is -0.0856. The Morgan fingerprint density at radius 1 is 1.30 bits per heavy atom. The Morgan fingerprint density at radius 3 is 2.67 bits per heavy atom. The van der Waals surface area contributed by atoms with E-state index in [-0.39, 0.29) is 30.2 Å². The van der Waals surface area contributed by atoms with Gasteiger partial charge in [0.05, 0.1) is 34.0 Å². The van der Waals surface area contributed by atoms with E-state index in [4.69, 9.17) is 4.74 Å². The average Bonchev–Trinajstić information content (AvgIpc) is 2.60. The number of aromatic nitrogens is 1. The Balaban J connectivity index is 1.72. The molecule has 1 aliphatic heterocycles. The highest BCUT2D eigenvalue weighted by atomic mass is 32.2. The van der Waals surface area contributed by atoms with Crippen LogP contribution in [0.3, 0.4) is 0 Å². The van der Waals surface area contributed by atoms with E-state index in [1.165, 1.54) is 10.4 Å². The number of non-ortho nitro benzene ring substituents is 1. The number of hydrogen-bond acceptors (Lipinski definition) is 7. The molecule has 1 aromatic heterocycles. The molecule has 146 valence electrons. The molecule has 0 aliphatic carbocycles. The van der Waals surface area contributed by atoms with Gasteiger partial charge in [-0.3, -0.25) is 15.1 Å². The lowest BCUT2D eigenvalue weighted by Gasteiger charge is -2.34. The highest BCUT2D eigenvalue weighted by Crippen LogP contribution is 2.29. The zero-order valence-electron chi connectivity index (χ0n) is 15.2. The second-order valence-corrected chi connectivity index (χ2v) is 8.69. The molecule has 0 amide bonds. The maximum atomic E-state index is 12.6. The first-order chi connectivity index (χ1) is 12.8. The molecule has 2 heterocycles. The van der Waals surface area contributed by atoms with Gasteiger partial charge in [0, 0.05) is 31.9 Å². The molecular weight excluding hydrogens is 372 g/mol. The van der Waals surface area contributed by atoms with Crippen LogP contribution in [0.5, 0.6) is 0 Å². The molecule has 10 heteroatoms. The number of sulfonamides is 1. The number of fused-ring (bicyclic) bond motifs is 1. The van der Waals surface area contributed by atoms with Gasteiger partial charge in [-0.05, 0) is 32.0 Å². The van der Waals surface area contributed by atoms with Crippen molar-refractivity contribution in [2.45, 2.75) is 26.1 Å². The van der Waals surface area contributed by atoms with Crippen LogP contribution in [0.25, 0.3) is 10.9 Å². The largest absolute Gasteiger partial charge is 0.382 e. The third-order valence-electron chi connectivity index (χ3n) is 4.40. The van der Waals surface area contributed by atoms with Gasteiger partial charge in [0.15, 0.2) is 0 Å². The monoisotopic (exact) mass is 394 g/mol. The Morgan fingerprint density at radius 2 is 2.00 bits per heavy atom. The fourth-order valence-corrected chi connectivity index (χ4v) is 4.75. The maximum absolute atomic E-state index is 12.6. The van der Waals surface area contributed by atoms with Crippen LogP contribution in [0.2, 0.25) is 0 Å². The first kappa shape index (κ1) is 19.5. The fourth-order valence-electron chi connectivity index (χ4n) is 3.26. The van der Waals surface area contributed by atoms with Crippen molar-refractivity contribution in [3.05, 3.63) is 40.6 Å². The quantitative estimate of drug-likeness (QED) is 0.588. The molecule has 1 aliphatic rings. The number of ether oxygens (including phenoxy) is 1. The molecule has 0 radical (unpaired) electrons. The zero-order valence-corrected chi connectivity index (χ0v) is 16.0. The summed E-state index contributed by atoms with van der Waals surface area (Å²) in [5, 5.41) is 14.6. The van der Waals surface area contributed by atoms with Crippen molar-refractivity contribution in [1.29, 1.82) is 0 Å². The molecule has 1 aromatic carbocycles. The number of anilines is 1. The van der Waals surface area contributed by atoms with E-state index in [9.17, 15) is 18.5 Å². The standard InChI is InChI=1S/C17H22N4O5S/c1-12-10-20(11-13(2)26-12)27(24,25)9-8-18-15-5-6-16(21(22)23)14-4-3-7-19-17(14)15/h3-7,12-13,18H,8-11H2,1-2H3/t12-,13+. The molecule has 0 saturated carbocycles. The second kappa shape index (κ2) is 7.75.